The zero-order valence-corrected chi connectivity index (χ0v) is 14.6. The van der Waals surface area contributed by atoms with Crippen LogP contribution in [-0.4, -0.2) is 5.11 Å². The molecule has 0 unspecified atom stereocenters. The van der Waals surface area contributed by atoms with Gasteiger partial charge in [-0.1, -0.05) is 36.4 Å². The minimum atomic E-state index is 0.549. The van der Waals surface area contributed by atoms with E-state index in [4.69, 9.17) is 12.2 Å². The number of hydrogen-bond acceptors (Lipinski definition) is 3. The van der Waals surface area contributed by atoms with Crippen molar-refractivity contribution < 1.29 is 0 Å². The molecule has 0 saturated carbocycles. The first-order valence-electron chi connectivity index (χ1n) is 7.91. The Morgan fingerprint density at radius 2 is 1.32 bits per heavy atom. The standard InChI is InChI=1S/C20H18N4S/c1-15-7-5-6-10-19(15)22-20(25)21-16-11-13-18(14-12-16)24-23-17-8-3-2-4-9-17/h2-14H,1H3,(H2,21,22,25). The van der Waals surface area contributed by atoms with E-state index in [0.717, 1.165) is 28.3 Å². The van der Waals surface area contributed by atoms with Gasteiger partial charge in [0.25, 0.3) is 0 Å². The van der Waals surface area contributed by atoms with E-state index in [9.17, 15) is 0 Å². The molecule has 0 amide bonds. The van der Waals surface area contributed by atoms with Gasteiger partial charge in [0.2, 0.25) is 0 Å². The summed E-state index contributed by atoms with van der Waals surface area (Å²) >= 11 is 5.36. The fourth-order valence-electron chi connectivity index (χ4n) is 2.22. The molecule has 0 bridgehead atoms. The monoisotopic (exact) mass is 346 g/mol. The van der Waals surface area contributed by atoms with Gasteiger partial charge >= 0.3 is 0 Å². The van der Waals surface area contributed by atoms with Crippen LogP contribution in [0.25, 0.3) is 0 Å². The lowest BCUT2D eigenvalue weighted by molar-refractivity contribution is 1.23. The molecule has 3 aromatic carbocycles. The van der Waals surface area contributed by atoms with Crippen LogP contribution in [0.1, 0.15) is 5.56 Å². The Hall–Kier alpha value is -3.05. The minimum Gasteiger partial charge on any atom is -0.332 e. The third-order valence-corrected chi connectivity index (χ3v) is 3.76. The molecule has 0 atom stereocenters. The number of rotatable bonds is 4. The van der Waals surface area contributed by atoms with Gasteiger partial charge in [0.05, 0.1) is 11.4 Å². The van der Waals surface area contributed by atoms with Gasteiger partial charge in [-0.2, -0.15) is 10.2 Å². The van der Waals surface area contributed by atoms with E-state index in [-0.39, 0.29) is 0 Å². The van der Waals surface area contributed by atoms with Crippen molar-refractivity contribution in [2.75, 3.05) is 10.6 Å². The first-order chi connectivity index (χ1) is 12.2. The molecule has 0 aliphatic heterocycles. The second-order valence-corrected chi connectivity index (χ2v) is 5.88. The second kappa shape index (κ2) is 8.17. The maximum atomic E-state index is 5.36. The van der Waals surface area contributed by atoms with Crippen LogP contribution in [0.5, 0.6) is 0 Å². The molecule has 124 valence electrons. The summed E-state index contributed by atoms with van der Waals surface area (Å²) in [6.07, 6.45) is 0. The van der Waals surface area contributed by atoms with E-state index < -0.39 is 0 Å². The fourth-order valence-corrected chi connectivity index (χ4v) is 2.45. The number of hydrogen-bond donors (Lipinski definition) is 2. The highest BCUT2D eigenvalue weighted by molar-refractivity contribution is 7.80. The third kappa shape index (κ3) is 4.96. The van der Waals surface area contributed by atoms with Crippen molar-refractivity contribution in [3.8, 4) is 0 Å². The highest BCUT2D eigenvalue weighted by Gasteiger charge is 2.01. The number of para-hydroxylation sites is 1. The van der Waals surface area contributed by atoms with Crippen LogP contribution in [0.3, 0.4) is 0 Å². The first-order valence-corrected chi connectivity index (χ1v) is 8.32. The number of nitrogens with one attached hydrogen (secondary N) is 2. The van der Waals surface area contributed by atoms with Crippen LogP contribution >= 0.6 is 12.2 Å². The van der Waals surface area contributed by atoms with E-state index in [1.165, 1.54) is 0 Å². The van der Waals surface area contributed by atoms with Crippen LogP contribution in [0.2, 0.25) is 0 Å². The van der Waals surface area contributed by atoms with Gasteiger partial charge in [0.15, 0.2) is 5.11 Å². The zero-order valence-electron chi connectivity index (χ0n) is 13.8. The van der Waals surface area contributed by atoms with Gasteiger partial charge in [0.1, 0.15) is 0 Å². The highest BCUT2D eigenvalue weighted by Crippen LogP contribution is 2.20. The summed E-state index contributed by atoms with van der Waals surface area (Å²) in [7, 11) is 0. The number of aryl methyl sites for hydroxylation is 1. The lowest BCUT2D eigenvalue weighted by Gasteiger charge is -2.12. The number of benzene rings is 3. The molecule has 0 aliphatic carbocycles. The van der Waals surface area contributed by atoms with Crippen LogP contribution in [0.15, 0.2) is 89.1 Å². The van der Waals surface area contributed by atoms with E-state index in [1.807, 2.05) is 85.8 Å². The molecule has 3 rings (SSSR count). The normalized spacial score (nSPS) is 10.6. The largest absolute Gasteiger partial charge is 0.332 e. The molecule has 25 heavy (non-hydrogen) atoms. The first kappa shape index (κ1) is 16.8. The van der Waals surface area contributed by atoms with Crippen LogP contribution in [-0.2, 0) is 0 Å². The summed E-state index contributed by atoms with van der Waals surface area (Å²) < 4.78 is 0. The van der Waals surface area contributed by atoms with Gasteiger partial charge in [-0.05, 0) is 67.2 Å². The lowest BCUT2D eigenvalue weighted by atomic mass is 10.2. The van der Waals surface area contributed by atoms with Gasteiger partial charge in [-0.3, -0.25) is 0 Å². The average molecular weight is 346 g/mol. The van der Waals surface area contributed by atoms with Gasteiger partial charge in [-0.15, -0.1) is 0 Å². The number of anilines is 2. The summed E-state index contributed by atoms with van der Waals surface area (Å²) in [5.74, 6) is 0. The quantitative estimate of drug-likeness (QED) is 0.435. The molecule has 0 saturated heterocycles. The van der Waals surface area contributed by atoms with Crippen molar-refractivity contribution in [1.82, 2.24) is 0 Å². The summed E-state index contributed by atoms with van der Waals surface area (Å²) in [5.41, 5.74) is 4.64. The minimum absolute atomic E-state index is 0.549. The summed E-state index contributed by atoms with van der Waals surface area (Å²) in [6.45, 7) is 2.04. The summed E-state index contributed by atoms with van der Waals surface area (Å²) in [6, 6.07) is 25.3. The maximum Gasteiger partial charge on any atom is 0.175 e. The van der Waals surface area contributed by atoms with Gasteiger partial charge in [-0.25, -0.2) is 0 Å². The molecular formula is C20H18N4S. The molecular weight excluding hydrogens is 328 g/mol. The zero-order chi connectivity index (χ0) is 17.5. The number of thiocarbonyl (C=S) groups is 1. The van der Waals surface area contributed by atoms with Crippen LogP contribution in [0.4, 0.5) is 22.7 Å². The van der Waals surface area contributed by atoms with Crippen molar-refractivity contribution >= 4 is 40.1 Å². The molecule has 0 radical (unpaired) electrons. The van der Waals surface area contributed by atoms with Crippen molar-refractivity contribution in [2.24, 2.45) is 10.2 Å². The number of nitrogens with zero attached hydrogens (tertiary/aromatic N) is 2. The SMILES string of the molecule is Cc1ccccc1NC(=S)Nc1ccc(N=Nc2ccccc2)cc1. The van der Waals surface area contributed by atoms with E-state index in [2.05, 4.69) is 20.9 Å². The Morgan fingerprint density at radius 1 is 0.720 bits per heavy atom. The summed E-state index contributed by atoms with van der Waals surface area (Å²) in [4.78, 5) is 0. The molecule has 3 aromatic rings. The molecule has 0 aliphatic rings. The molecule has 0 spiro atoms. The lowest BCUT2D eigenvalue weighted by Crippen LogP contribution is -2.19. The third-order valence-electron chi connectivity index (χ3n) is 3.56. The molecule has 0 aromatic heterocycles. The predicted octanol–water partition coefficient (Wildman–Crippen LogP) is 6.22. The Balaban J connectivity index is 1.60. The van der Waals surface area contributed by atoms with E-state index >= 15 is 0 Å². The molecule has 5 heteroatoms. The number of azo groups is 1. The topological polar surface area (TPSA) is 48.8 Å². The van der Waals surface area contributed by atoms with E-state index in [0.29, 0.717) is 5.11 Å². The van der Waals surface area contributed by atoms with Gasteiger partial charge in [0, 0.05) is 11.4 Å². The fraction of sp³-hybridized carbons (Fsp3) is 0.0500. The van der Waals surface area contributed by atoms with Gasteiger partial charge < -0.3 is 10.6 Å². The average Bonchev–Trinajstić information content (AvgIpc) is 2.64. The highest BCUT2D eigenvalue weighted by atomic mass is 32.1. The Labute approximate surface area is 152 Å². The predicted molar refractivity (Wildman–Crippen MR) is 108 cm³/mol. The van der Waals surface area contributed by atoms with Crippen molar-refractivity contribution in [1.29, 1.82) is 0 Å². The maximum absolute atomic E-state index is 5.36. The van der Waals surface area contributed by atoms with Crippen LogP contribution < -0.4 is 10.6 Å². The molecule has 0 fully saturated rings. The van der Waals surface area contributed by atoms with Crippen molar-refractivity contribution in [3.05, 3.63) is 84.4 Å². The van der Waals surface area contributed by atoms with Crippen LogP contribution in [0, 0.1) is 6.92 Å². The van der Waals surface area contributed by atoms with Crippen molar-refractivity contribution in [2.45, 2.75) is 6.92 Å². The van der Waals surface area contributed by atoms with E-state index in [1.54, 1.807) is 0 Å². The molecule has 0 heterocycles. The van der Waals surface area contributed by atoms with Crippen molar-refractivity contribution in [3.63, 3.8) is 0 Å². The Bertz CT molecular complexity index is 874. The second-order valence-electron chi connectivity index (χ2n) is 5.48. The molecule has 4 nitrogen and oxygen atoms in total. The Kier molecular flexibility index (Phi) is 5.49. The smallest absolute Gasteiger partial charge is 0.175 e. The Morgan fingerprint density at radius 3 is 2.00 bits per heavy atom. The molecule has 2 N–H and O–H groups in total. The summed E-state index contributed by atoms with van der Waals surface area (Å²) in [5, 5.41) is 15.3.